The van der Waals surface area contributed by atoms with Gasteiger partial charge in [-0.05, 0) is 13.8 Å². The summed E-state index contributed by atoms with van der Waals surface area (Å²) < 4.78 is 5.29. The van der Waals surface area contributed by atoms with Gasteiger partial charge in [0.25, 0.3) is 0 Å². The van der Waals surface area contributed by atoms with E-state index in [1.807, 2.05) is 13.8 Å². The van der Waals surface area contributed by atoms with Gasteiger partial charge in [0.05, 0.1) is 23.0 Å². The van der Waals surface area contributed by atoms with Crippen LogP contribution in [-0.4, -0.2) is 17.1 Å². The average molecular weight is 223 g/mol. The predicted octanol–water partition coefficient (Wildman–Crippen LogP) is 2.29. The SMILES string of the molecule is CO[C@H](C)c1c(N)cnc2sc(C)nc12. The highest BCUT2D eigenvalue weighted by molar-refractivity contribution is 7.18. The summed E-state index contributed by atoms with van der Waals surface area (Å²) in [6, 6.07) is 0. The Hall–Kier alpha value is -1.20. The van der Waals surface area contributed by atoms with Gasteiger partial charge in [-0.15, -0.1) is 0 Å². The van der Waals surface area contributed by atoms with E-state index in [2.05, 4.69) is 9.97 Å². The highest BCUT2D eigenvalue weighted by atomic mass is 32.1. The molecule has 0 spiro atoms. The Labute approximate surface area is 92.1 Å². The van der Waals surface area contributed by atoms with Crippen molar-refractivity contribution in [2.75, 3.05) is 12.8 Å². The number of rotatable bonds is 2. The molecule has 2 rings (SSSR count). The van der Waals surface area contributed by atoms with Crippen LogP contribution in [0.4, 0.5) is 5.69 Å². The molecule has 0 aliphatic carbocycles. The summed E-state index contributed by atoms with van der Waals surface area (Å²) in [6.45, 7) is 3.92. The summed E-state index contributed by atoms with van der Waals surface area (Å²) in [6.07, 6.45) is 1.61. The summed E-state index contributed by atoms with van der Waals surface area (Å²) in [7, 11) is 1.66. The van der Waals surface area contributed by atoms with Crippen LogP contribution in [-0.2, 0) is 4.74 Å². The molecule has 2 aromatic rings. The van der Waals surface area contributed by atoms with Gasteiger partial charge in [-0.25, -0.2) is 9.97 Å². The smallest absolute Gasteiger partial charge is 0.143 e. The number of nitrogens with zero attached hydrogens (tertiary/aromatic N) is 2. The molecular formula is C10H13N3OS. The number of aryl methyl sites for hydroxylation is 1. The largest absolute Gasteiger partial charge is 0.397 e. The maximum atomic E-state index is 5.89. The zero-order chi connectivity index (χ0) is 11.0. The molecule has 2 heterocycles. The molecule has 0 saturated heterocycles. The van der Waals surface area contributed by atoms with Crippen molar-refractivity contribution in [3.8, 4) is 0 Å². The van der Waals surface area contributed by atoms with Crippen molar-refractivity contribution in [3.63, 3.8) is 0 Å². The van der Waals surface area contributed by atoms with Gasteiger partial charge in [0, 0.05) is 12.7 Å². The summed E-state index contributed by atoms with van der Waals surface area (Å²) in [4.78, 5) is 9.61. The summed E-state index contributed by atoms with van der Waals surface area (Å²) in [5, 5.41) is 0.993. The third-order valence-electron chi connectivity index (χ3n) is 2.36. The molecule has 1 atom stereocenters. The van der Waals surface area contributed by atoms with Crippen molar-refractivity contribution in [1.29, 1.82) is 0 Å². The van der Waals surface area contributed by atoms with Crippen LogP contribution in [0.2, 0.25) is 0 Å². The third kappa shape index (κ3) is 1.68. The number of ether oxygens (including phenoxy) is 1. The van der Waals surface area contributed by atoms with Crippen LogP contribution < -0.4 is 5.73 Å². The van der Waals surface area contributed by atoms with Gasteiger partial charge in [0.15, 0.2) is 0 Å². The van der Waals surface area contributed by atoms with Gasteiger partial charge in [0.2, 0.25) is 0 Å². The average Bonchev–Trinajstić information content (AvgIpc) is 2.57. The van der Waals surface area contributed by atoms with Gasteiger partial charge < -0.3 is 10.5 Å². The molecule has 2 aromatic heterocycles. The van der Waals surface area contributed by atoms with E-state index in [1.54, 1.807) is 24.6 Å². The molecular weight excluding hydrogens is 210 g/mol. The lowest BCUT2D eigenvalue weighted by atomic mass is 10.1. The second-order valence-corrected chi connectivity index (χ2v) is 4.57. The van der Waals surface area contributed by atoms with Crippen LogP contribution in [0.3, 0.4) is 0 Å². The second kappa shape index (κ2) is 3.75. The number of pyridine rings is 1. The van der Waals surface area contributed by atoms with Crippen molar-refractivity contribution >= 4 is 27.4 Å². The normalized spacial score (nSPS) is 13.3. The van der Waals surface area contributed by atoms with Crippen molar-refractivity contribution in [1.82, 2.24) is 9.97 Å². The van der Waals surface area contributed by atoms with Crippen molar-refractivity contribution < 1.29 is 4.74 Å². The van der Waals surface area contributed by atoms with E-state index in [0.29, 0.717) is 5.69 Å². The Bertz CT molecular complexity index is 495. The minimum atomic E-state index is -0.0583. The van der Waals surface area contributed by atoms with Crippen LogP contribution in [0, 0.1) is 6.92 Å². The standard InChI is InChI=1S/C10H13N3OS/c1-5(14-3)8-7(11)4-12-10-9(8)13-6(2)15-10/h4-5H,11H2,1-3H3/t5-/m1/s1. The highest BCUT2D eigenvalue weighted by Crippen LogP contribution is 2.31. The second-order valence-electron chi connectivity index (χ2n) is 3.39. The Morgan fingerprint density at radius 3 is 2.93 bits per heavy atom. The number of methoxy groups -OCH3 is 1. The lowest BCUT2D eigenvalue weighted by Gasteiger charge is -2.12. The molecule has 0 bridgehead atoms. The fourth-order valence-electron chi connectivity index (χ4n) is 1.56. The monoisotopic (exact) mass is 223 g/mol. The summed E-state index contributed by atoms with van der Waals surface area (Å²) in [5.74, 6) is 0. The van der Waals surface area contributed by atoms with Gasteiger partial charge in [0.1, 0.15) is 10.3 Å². The number of fused-ring (bicyclic) bond motifs is 1. The quantitative estimate of drug-likeness (QED) is 0.848. The minimum absolute atomic E-state index is 0.0583. The molecule has 80 valence electrons. The minimum Gasteiger partial charge on any atom is -0.397 e. The van der Waals surface area contributed by atoms with E-state index in [0.717, 1.165) is 20.9 Å². The van der Waals surface area contributed by atoms with Gasteiger partial charge >= 0.3 is 0 Å². The molecule has 2 N–H and O–H groups in total. The van der Waals surface area contributed by atoms with Gasteiger partial charge in [-0.2, -0.15) is 0 Å². The topological polar surface area (TPSA) is 61.0 Å². The van der Waals surface area contributed by atoms with Crippen LogP contribution in [0.25, 0.3) is 10.3 Å². The Balaban J connectivity index is 2.73. The third-order valence-corrected chi connectivity index (χ3v) is 3.24. The van der Waals surface area contributed by atoms with Gasteiger partial charge in [-0.1, -0.05) is 11.3 Å². The first-order chi connectivity index (χ1) is 7.13. The number of nitrogens with two attached hydrogens (primary N) is 1. The van der Waals surface area contributed by atoms with E-state index < -0.39 is 0 Å². The van der Waals surface area contributed by atoms with Crippen LogP contribution >= 0.6 is 11.3 Å². The van der Waals surface area contributed by atoms with Crippen LogP contribution in [0.1, 0.15) is 23.6 Å². The molecule has 0 radical (unpaired) electrons. The summed E-state index contributed by atoms with van der Waals surface area (Å²) >= 11 is 1.57. The Morgan fingerprint density at radius 2 is 2.27 bits per heavy atom. The van der Waals surface area contributed by atoms with Crippen LogP contribution in [0.5, 0.6) is 0 Å². The maximum Gasteiger partial charge on any atom is 0.143 e. The number of nitrogen functional groups attached to an aromatic ring is 1. The van der Waals surface area contributed by atoms with E-state index in [-0.39, 0.29) is 6.10 Å². The first-order valence-electron chi connectivity index (χ1n) is 4.67. The molecule has 0 aliphatic heterocycles. The number of hydrogen-bond acceptors (Lipinski definition) is 5. The lowest BCUT2D eigenvalue weighted by Crippen LogP contribution is -2.03. The van der Waals surface area contributed by atoms with E-state index in [9.17, 15) is 0 Å². The van der Waals surface area contributed by atoms with E-state index in [4.69, 9.17) is 10.5 Å². The number of thiazole rings is 1. The maximum absolute atomic E-state index is 5.89. The number of anilines is 1. The molecule has 5 heteroatoms. The Kier molecular flexibility index (Phi) is 2.58. The fraction of sp³-hybridized carbons (Fsp3) is 0.400. The van der Waals surface area contributed by atoms with E-state index in [1.165, 1.54) is 0 Å². The lowest BCUT2D eigenvalue weighted by molar-refractivity contribution is 0.121. The first kappa shape index (κ1) is 10.3. The molecule has 4 nitrogen and oxygen atoms in total. The van der Waals surface area contributed by atoms with Crippen molar-refractivity contribution in [3.05, 3.63) is 16.8 Å². The Morgan fingerprint density at radius 1 is 1.53 bits per heavy atom. The predicted molar refractivity (Wildman–Crippen MR) is 62.0 cm³/mol. The molecule has 0 fully saturated rings. The molecule has 15 heavy (non-hydrogen) atoms. The molecule has 0 aromatic carbocycles. The highest BCUT2D eigenvalue weighted by Gasteiger charge is 2.16. The zero-order valence-corrected chi connectivity index (χ0v) is 9.76. The zero-order valence-electron chi connectivity index (χ0n) is 8.94. The van der Waals surface area contributed by atoms with Crippen molar-refractivity contribution in [2.24, 2.45) is 0 Å². The van der Waals surface area contributed by atoms with Gasteiger partial charge in [-0.3, -0.25) is 0 Å². The molecule has 0 saturated carbocycles. The van der Waals surface area contributed by atoms with Crippen LogP contribution in [0.15, 0.2) is 6.20 Å². The molecule has 0 aliphatic rings. The summed E-state index contributed by atoms with van der Waals surface area (Å²) in [5.41, 5.74) is 8.34. The number of aromatic nitrogens is 2. The van der Waals surface area contributed by atoms with Crippen molar-refractivity contribution in [2.45, 2.75) is 20.0 Å². The molecule has 0 unspecified atom stereocenters. The fourth-order valence-corrected chi connectivity index (χ4v) is 2.33. The van der Waals surface area contributed by atoms with E-state index >= 15 is 0 Å². The first-order valence-corrected chi connectivity index (χ1v) is 5.49. The number of hydrogen-bond donors (Lipinski definition) is 1. The molecule has 0 amide bonds.